The summed E-state index contributed by atoms with van der Waals surface area (Å²) >= 11 is 0. The molecule has 1 heterocycles. The number of aliphatic hydroxyl groups excluding tert-OH is 4. The fourth-order valence-electron chi connectivity index (χ4n) is 8.87. The molecule has 65 heavy (non-hydrogen) atoms. The summed E-state index contributed by atoms with van der Waals surface area (Å²) < 4.78 is 47.7. The van der Waals surface area contributed by atoms with E-state index in [1.54, 1.807) is 6.08 Å². The molecule has 13 heteroatoms. The van der Waals surface area contributed by atoms with Crippen molar-refractivity contribution in [1.82, 2.24) is 5.32 Å². The summed E-state index contributed by atoms with van der Waals surface area (Å²) in [5, 5.41) is 44.8. The molecule has 1 aliphatic rings. The van der Waals surface area contributed by atoms with Crippen LogP contribution in [0.5, 0.6) is 0 Å². The maximum absolute atomic E-state index is 13.1. The van der Waals surface area contributed by atoms with Crippen molar-refractivity contribution in [2.45, 2.75) is 301 Å². The molecule has 0 saturated carbocycles. The van der Waals surface area contributed by atoms with Gasteiger partial charge in [0, 0.05) is 6.42 Å². The quantitative estimate of drug-likeness (QED) is 0.0193. The van der Waals surface area contributed by atoms with Crippen molar-refractivity contribution in [3.63, 3.8) is 0 Å². The summed E-state index contributed by atoms with van der Waals surface area (Å²) in [4.78, 5) is 13.1. The second-order valence-corrected chi connectivity index (χ2v) is 20.2. The number of amides is 1. The molecule has 1 aliphatic heterocycles. The third kappa shape index (κ3) is 35.6. The number of carbonyl (C=O) groups excluding carboxylic acids is 1. The second-order valence-electron chi connectivity index (χ2n) is 19.2. The molecule has 1 rings (SSSR count). The minimum Gasteiger partial charge on any atom is -0.394 e. The Bertz CT molecular complexity index is 1210. The Morgan fingerprint density at radius 1 is 0.600 bits per heavy atom. The van der Waals surface area contributed by atoms with Gasteiger partial charge in [0.05, 0.1) is 25.4 Å². The first kappa shape index (κ1) is 61.9. The molecule has 0 aromatic rings. The molecular weight excluding hydrogens is 847 g/mol. The van der Waals surface area contributed by atoms with E-state index in [0.29, 0.717) is 6.42 Å². The van der Waals surface area contributed by atoms with Crippen LogP contribution >= 0.6 is 0 Å². The Kier molecular flexibility index (Phi) is 40.8. The van der Waals surface area contributed by atoms with Crippen molar-refractivity contribution in [3.05, 3.63) is 12.2 Å². The van der Waals surface area contributed by atoms with Crippen molar-refractivity contribution >= 4 is 16.3 Å². The average Bonchev–Trinajstić information content (AvgIpc) is 3.28. The van der Waals surface area contributed by atoms with Crippen molar-refractivity contribution in [2.24, 2.45) is 0 Å². The van der Waals surface area contributed by atoms with Crippen molar-refractivity contribution < 1.29 is 51.8 Å². The lowest BCUT2D eigenvalue weighted by molar-refractivity contribution is -0.298. The van der Waals surface area contributed by atoms with Crippen LogP contribution in [0.1, 0.15) is 258 Å². The smallest absolute Gasteiger partial charge is 0.394 e. The molecule has 0 bridgehead atoms. The number of rotatable bonds is 47. The van der Waals surface area contributed by atoms with Gasteiger partial charge in [-0.3, -0.25) is 9.35 Å². The molecule has 0 spiro atoms. The second kappa shape index (κ2) is 42.9. The van der Waals surface area contributed by atoms with Gasteiger partial charge in [-0.05, 0) is 19.3 Å². The Labute approximate surface area is 398 Å². The van der Waals surface area contributed by atoms with Gasteiger partial charge in [-0.1, -0.05) is 244 Å². The zero-order valence-corrected chi connectivity index (χ0v) is 42.4. The van der Waals surface area contributed by atoms with Gasteiger partial charge in [-0.15, -0.1) is 0 Å². The normalized spacial score (nSPS) is 20.1. The Morgan fingerprint density at radius 3 is 1.34 bits per heavy atom. The van der Waals surface area contributed by atoms with E-state index in [1.807, 2.05) is 6.08 Å². The fraction of sp³-hybridized carbons (Fsp3) is 0.942. The van der Waals surface area contributed by atoms with Crippen LogP contribution in [0.4, 0.5) is 0 Å². The maximum atomic E-state index is 13.1. The molecule has 0 aliphatic carbocycles. The summed E-state index contributed by atoms with van der Waals surface area (Å²) in [6.45, 7) is 3.41. The molecule has 12 nitrogen and oxygen atoms in total. The Balaban J connectivity index is 2.31. The van der Waals surface area contributed by atoms with Crippen LogP contribution < -0.4 is 5.32 Å². The molecule has 7 unspecified atom stereocenters. The number of allylic oxidation sites excluding steroid dienone is 1. The number of hydrogen-bond acceptors (Lipinski definition) is 10. The lowest BCUT2D eigenvalue weighted by Gasteiger charge is -2.41. The first-order valence-electron chi connectivity index (χ1n) is 27.1. The van der Waals surface area contributed by atoms with Crippen molar-refractivity contribution in [3.8, 4) is 0 Å². The summed E-state index contributed by atoms with van der Waals surface area (Å²) in [6.07, 6.45) is 41.3. The zero-order chi connectivity index (χ0) is 47.6. The van der Waals surface area contributed by atoms with Crippen LogP contribution in [0.15, 0.2) is 12.2 Å². The molecule has 386 valence electrons. The molecular formula is C52H101NO11S. The van der Waals surface area contributed by atoms with Crippen LogP contribution in [-0.4, -0.2) is 95.4 Å². The number of ether oxygens (including phenoxy) is 2. The number of nitrogens with one attached hydrogen (secondary N) is 1. The van der Waals surface area contributed by atoms with E-state index >= 15 is 0 Å². The lowest BCUT2D eigenvalue weighted by Crippen LogP contribution is -2.61. The van der Waals surface area contributed by atoms with Crippen LogP contribution in [0.2, 0.25) is 0 Å². The topological polar surface area (TPSA) is 192 Å². The highest BCUT2D eigenvalue weighted by Gasteiger charge is 2.48. The predicted octanol–water partition coefficient (Wildman–Crippen LogP) is 11.9. The number of hydrogen-bond donors (Lipinski definition) is 6. The van der Waals surface area contributed by atoms with Gasteiger partial charge >= 0.3 is 10.4 Å². The molecule has 0 aromatic heterocycles. The summed E-state index contributed by atoms with van der Waals surface area (Å²) in [6, 6.07) is -0.938. The van der Waals surface area contributed by atoms with Crippen molar-refractivity contribution in [1.29, 1.82) is 0 Å². The van der Waals surface area contributed by atoms with E-state index < -0.39 is 59.9 Å². The summed E-state index contributed by atoms with van der Waals surface area (Å²) in [5.74, 6) is -0.258. The highest BCUT2D eigenvalue weighted by Crippen LogP contribution is 2.26. The van der Waals surface area contributed by atoms with Gasteiger partial charge in [0.1, 0.15) is 24.4 Å². The largest absolute Gasteiger partial charge is 0.397 e. The average molecular weight is 948 g/mol. The van der Waals surface area contributed by atoms with Gasteiger partial charge < -0.3 is 35.2 Å². The Hall–Kier alpha value is -1.16. The first-order chi connectivity index (χ1) is 31.5. The van der Waals surface area contributed by atoms with Gasteiger partial charge in [0.25, 0.3) is 0 Å². The third-order valence-corrected chi connectivity index (χ3v) is 13.5. The van der Waals surface area contributed by atoms with E-state index in [-0.39, 0.29) is 18.9 Å². The van der Waals surface area contributed by atoms with Gasteiger partial charge in [-0.2, -0.15) is 8.42 Å². The summed E-state index contributed by atoms with van der Waals surface area (Å²) in [7, 11) is -5.08. The van der Waals surface area contributed by atoms with Crippen molar-refractivity contribution in [2.75, 3.05) is 13.2 Å². The van der Waals surface area contributed by atoms with Gasteiger partial charge in [-0.25, -0.2) is 4.18 Å². The number of aliphatic hydroxyl groups is 4. The third-order valence-electron chi connectivity index (χ3n) is 13.1. The van der Waals surface area contributed by atoms with Crippen LogP contribution in [0.25, 0.3) is 0 Å². The molecule has 1 fully saturated rings. The van der Waals surface area contributed by atoms with E-state index in [2.05, 4.69) is 23.3 Å². The fourth-order valence-corrected chi connectivity index (χ4v) is 9.38. The van der Waals surface area contributed by atoms with E-state index in [9.17, 15) is 38.2 Å². The Morgan fingerprint density at radius 2 is 0.969 bits per heavy atom. The lowest BCUT2D eigenvalue weighted by atomic mass is 9.99. The minimum absolute atomic E-state index is 0.258. The molecule has 0 aromatic carbocycles. The molecule has 0 radical (unpaired) electrons. The maximum Gasteiger partial charge on any atom is 0.397 e. The molecule has 7 atom stereocenters. The minimum atomic E-state index is -5.08. The number of unbranched alkanes of at least 4 members (excludes halogenated alkanes) is 35. The van der Waals surface area contributed by atoms with Crippen LogP contribution in [0.3, 0.4) is 0 Å². The predicted molar refractivity (Wildman–Crippen MR) is 264 cm³/mol. The highest BCUT2D eigenvalue weighted by molar-refractivity contribution is 7.80. The zero-order valence-electron chi connectivity index (χ0n) is 41.6. The highest BCUT2D eigenvalue weighted by atomic mass is 32.3. The summed E-state index contributed by atoms with van der Waals surface area (Å²) in [5.41, 5.74) is 0. The monoisotopic (exact) mass is 948 g/mol. The van der Waals surface area contributed by atoms with Gasteiger partial charge in [0.2, 0.25) is 5.91 Å². The van der Waals surface area contributed by atoms with Crippen LogP contribution in [0, 0.1) is 0 Å². The molecule has 1 saturated heterocycles. The van der Waals surface area contributed by atoms with Gasteiger partial charge in [0.15, 0.2) is 6.29 Å². The molecule has 6 N–H and O–H groups in total. The van der Waals surface area contributed by atoms with E-state index in [1.165, 1.54) is 193 Å². The van der Waals surface area contributed by atoms with E-state index in [4.69, 9.17) is 9.47 Å². The van der Waals surface area contributed by atoms with Crippen LogP contribution in [-0.2, 0) is 28.9 Å². The molecule has 1 amide bonds. The van der Waals surface area contributed by atoms with E-state index in [0.717, 1.165) is 38.5 Å². The standard InChI is InChI=1S/C52H101NO11S/c1-3-5-7-9-11-13-15-17-18-19-20-21-22-23-24-25-26-27-28-29-30-32-34-36-38-40-42-48(56)53-45(46(55)41-39-37-35-33-31-16-14-12-10-8-6-4-2)44-62-52-50(58)51(64-65(59,60)61)49(57)47(43-54)63-52/h39,41,45-47,49-52,54-55,57-58H,3-38,40,42-44H2,1-2H3,(H,53,56)(H,59,60,61)/b41-39+. The first-order valence-corrected chi connectivity index (χ1v) is 28.4. The number of carbonyl (C=O) groups is 1. The SMILES string of the molecule is CCCCCCCCCCCC/C=C/C(O)C(COC1OC(CO)C(O)C(OS(=O)(=O)O)C1O)NC(=O)CCCCCCCCCCCCCCCCCCCCCCCCCCCC.